The molecule has 1 heterocycles. The van der Waals surface area contributed by atoms with Gasteiger partial charge in [0.2, 0.25) is 0 Å². The molecule has 1 N–H and O–H groups in total. The lowest BCUT2D eigenvalue weighted by Gasteiger charge is -2.28. The van der Waals surface area contributed by atoms with Crippen LogP contribution in [0.2, 0.25) is 0 Å². The van der Waals surface area contributed by atoms with Crippen LogP contribution in [-0.4, -0.2) is 5.11 Å². The van der Waals surface area contributed by atoms with E-state index in [1.54, 1.807) is 6.26 Å². The van der Waals surface area contributed by atoms with Crippen LogP contribution >= 0.6 is 0 Å². The van der Waals surface area contributed by atoms with Gasteiger partial charge < -0.3 is 9.52 Å². The molecule has 1 aromatic rings. The third-order valence-electron chi connectivity index (χ3n) is 3.22. The smallest absolute Gasteiger partial charge is 0.132 e. The Kier molecular flexibility index (Phi) is 2.16. The summed E-state index contributed by atoms with van der Waals surface area (Å²) in [4.78, 5) is 0. The SMILES string of the molecule is CC1(C(O)c2ccco2)CCCC1. The van der Waals surface area contributed by atoms with Crippen molar-refractivity contribution < 1.29 is 9.52 Å². The molecule has 0 radical (unpaired) electrons. The van der Waals surface area contributed by atoms with E-state index in [0.29, 0.717) is 5.76 Å². The van der Waals surface area contributed by atoms with Crippen molar-refractivity contribution in [2.75, 3.05) is 0 Å². The van der Waals surface area contributed by atoms with Crippen molar-refractivity contribution >= 4 is 0 Å². The third-order valence-corrected chi connectivity index (χ3v) is 3.22. The maximum absolute atomic E-state index is 10.1. The minimum Gasteiger partial charge on any atom is -0.467 e. The minimum atomic E-state index is -0.426. The molecule has 1 saturated carbocycles. The van der Waals surface area contributed by atoms with Crippen LogP contribution in [0, 0.1) is 5.41 Å². The van der Waals surface area contributed by atoms with E-state index in [0.717, 1.165) is 12.8 Å². The Morgan fingerprint density at radius 2 is 2.15 bits per heavy atom. The van der Waals surface area contributed by atoms with Gasteiger partial charge in [-0.25, -0.2) is 0 Å². The van der Waals surface area contributed by atoms with Crippen LogP contribution in [0.15, 0.2) is 22.8 Å². The van der Waals surface area contributed by atoms with Gasteiger partial charge in [-0.3, -0.25) is 0 Å². The van der Waals surface area contributed by atoms with Gasteiger partial charge in [0.1, 0.15) is 11.9 Å². The van der Waals surface area contributed by atoms with Gasteiger partial charge in [0, 0.05) is 5.41 Å². The lowest BCUT2D eigenvalue weighted by atomic mass is 9.81. The predicted molar refractivity (Wildman–Crippen MR) is 50.2 cm³/mol. The second kappa shape index (κ2) is 3.18. The van der Waals surface area contributed by atoms with Crippen LogP contribution in [0.4, 0.5) is 0 Å². The molecule has 0 spiro atoms. The molecule has 0 bridgehead atoms. The molecule has 2 heteroatoms. The Balaban J connectivity index is 2.16. The van der Waals surface area contributed by atoms with Gasteiger partial charge in [0.05, 0.1) is 6.26 Å². The molecule has 1 fully saturated rings. The lowest BCUT2D eigenvalue weighted by molar-refractivity contribution is 0.0234. The van der Waals surface area contributed by atoms with Gasteiger partial charge >= 0.3 is 0 Å². The molecule has 0 aromatic carbocycles. The van der Waals surface area contributed by atoms with Crippen LogP contribution in [0.1, 0.15) is 44.5 Å². The average Bonchev–Trinajstić information content (AvgIpc) is 2.73. The van der Waals surface area contributed by atoms with Crippen molar-refractivity contribution in [1.82, 2.24) is 0 Å². The average molecular weight is 180 g/mol. The van der Waals surface area contributed by atoms with Crippen LogP contribution in [0.5, 0.6) is 0 Å². The quantitative estimate of drug-likeness (QED) is 0.759. The van der Waals surface area contributed by atoms with Gasteiger partial charge in [0.25, 0.3) is 0 Å². The van der Waals surface area contributed by atoms with E-state index in [9.17, 15) is 5.11 Å². The normalized spacial score (nSPS) is 23.2. The fourth-order valence-electron chi connectivity index (χ4n) is 2.25. The van der Waals surface area contributed by atoms with Crippen molar-refractivity contribution in [1.29, 1.82) is 0 Å². The van der Waals surface area contributed by atoms with Crippen molar-refractivity contribution in [2.45, 2.75) is 38.7 Å². The maximum Gasteiger partial charge on any atom is 0.132 e. The number of aliphatic hydroxyl groups excluding tert-OH is 1. The molecule has 0 amide bonds. The van der Waals surface area contributed by atoms with E-state index in [4.69, 9.17) is 4.42 Å². The molecule has 1 aromatic heterocycles. The first-order chi connectivity index (χ1) is 6.22. The van der Waals surface area contributed by atoms with Crippen molar-refractivity contribution in [3.05, 3.63) is 24.2 Å². The summed E-state index contributed by atoms with van der Waals surface area (Å²) >= 11 is 0. The standard InChI is InChI=1S/C11H16O2/c1-11(6-2-3-7-11)10(12)9-5-4-8-13-9/h4-5,8,10,12H,2-3,6-7H2,1H3. The zero-order chi connectivity index (χ0) is 9.31. The van der Waals surface area contributed by atoms with E-state index in [-0.39, 0.29) is 5.41 Å². The lowest BCUT2D eigenvalue weighted by Crippen LogP contribution is -2.21. The molecular weight excluding hydrogens is 164 g/mol. The molecule has 1 atom stereocenters. The highest BCUT2D eigenvalue weighted by Crippen LogP contribution is 2.47. The molecule has 1 aliphatic rings. The second-order valence-electron chi connectivity index (χ2n) is 4.28. The molecule has 72 valence electrons. The van der Waals surface area contributed by atoms with E-state index in [2.05, 4.69) is 6.92 Å². The van der Waals surface area contributed by atoms with Crippen LogP contribution in [0.3, 0.4) is 0 Å². The van der Waals surface area contributed by atoms with Gasteiger partial charge in [-0.05, 0) is 25.0 Å². The highest BCUT2D eigenvalue weighted by atomic mass is 16.4. The number of furan rings is 1. The summed E-state index contributed by atoms with van der Waals surface area (Å²) in [6.45, 7) is 2.15. The van der Waals surface area contributed by atoms with Crippen molar-refractivity contribution in [3.63, 3.8) is 0 Å². The van der Waals surface area contributed by atoms with Gasteiger partial charge in [-0.15, -0.1) is 0 Å². The molecule has 13 heavy (non-hydrogen) atoms. The first kappa shape index (κ1) is 8.82. The largest absolute Gasteiger partial charge is 0.467 e. The van der Waals surface area contributed by atoms with E-state index < -0.39 is 6.10 Å². The summed E-state index contributed by atoms with van der Waals surface area (Å²) in [6.07, 6.45) is 5.87. The highest BCUT2D eigenvalue weighted by Gasteiger charge is 2.38. The van der Waals surface area contributed by atoms with Crippen molar-refractivity contribution in [3.8, 4) is 0 Å². The molecule has 2 rings (SSSR count). The Labute approximate surface area is 78.6 Å². The topological polar surface area (TPSA) is 33.4 Å². The Bertz CT molecular complexity index is 258. The van der Waals surface area contributed by atoms with Crippen LogP contribution in [-0.2, 0) is 0 Å². The number of hydrogen-bond acceptors (Lipinski definition) is 2. The Hall–Kier alpha value is -0.760. The summed E-state index contributed by atoms with van der Waals surface area (Å²) in [5.74, 6) is 0.712. The van der Waals surface area contributed by atoms with E-state index in [1.165, 1.54) is 12.8 Å². The molecule has 2 nitrogen and oxygen atoms in total. The highest BCUT2D eigenvalue weighted by molar-refractivity contribution is 5.07. The molecular formula is C11H16O2. The predicted octanol–water partition coefficient (Wildman–Crippen LogP) is 2.89. The summed E-state index contributed by atoms with van der Waals surface area (Å²) in [6, 6.07) is 3.69. The molecule has 1 unspecified atom stereocenters. The van der Waals surface area contributed by atoms with Crippen molar-refractivity contribution in [2.24, 2.45) is 5.41 Å². The minimum absolute atomic E-state index is 0.0395. The maximum atomic E-state index is 10.1. The number of rotatable bonds is 2. The molecule has 1 aliphatic carbocycles. The second-order valence-corrected chi connectivity index (χ2v) is 4.28. The number of hydrogen-bond donors (Lipinski definition) is 1. The summed E-state index contributed by atoms with van der Waals surface area (Å²) in [5.41, 5.74) is 0.0395. The van der Waals surface area contributed by atoms with Gasteiger partial charge in [-0.2, -0.15) is 0 Å². The summed E-state index contributed by atoms with van der Waals surface area (Å²) in [5, 5.41) is 10.1. The fraction of sp³-hybridized carbons (Fsp3) is 0.636. The van der Waals surface area contributed by atoms with Crippen LogP contribution in [0.25, 0.3) is 0 Å². The zero-order valence-corrected chi connectivity index (χ0v) is 7.99. The summed E-state index contributed by atoms with van der Waals surface area (Å²) < 4.78 is 5.22. The first-order valence-electron chi connectivity index (χ1n) is 4.94. The van der Waals surface area contributed by atoms with Crippen LogP contribution < -0.4 is 0 Å². The van der Waals surface area contributed by atoms with E-state index >= 15 is 0 Å². The van der Waals surface area contributed by atoms with Gasteiger partial charge in [-0.1, -0.05) is 19.8 Å². The zero-order valence-electron chi connectivity index (χ0n) is 7.99. The Morgan fingerprint density at radius 1 is 1.46 bits per heavy atom. The number of aliphatic hydroxyl groups is 1. The van der Waals surface area contributed by atoms with Gasteiger partial charge in [0.15, 0.2) is 0 Å². The third kappa shape index (κ3) is 1.51. The Morgan fingerprint density at radius 3 is 2.69 bits per heavy atom. The molecule has 0 saturated heterocycles. The van der Waals surface area contributed by atoms with E-state index in [1.807, 2.05) is 12.1 Å². The fourth-order valence-corrected chi connectivity index (χ4v) is 2.25. The summed E-state index contributed by atoms with van der Waals surface area (Å²) in [7, 11) is 0. The monoisotopic (exact) mass is 180 g/mol. The first-order valence-corrected chi connectivity index (χ1v) is 4.94. The molecule has 0 aliphatic heterocycles.